The van der Waals surface area contributed by atoms with Gasteiger partial charge in [0.25, 0.3) is 5.91 Å². The van der Waals surface area contributed by atoms with Crippen LogP contribution in [0.4, 0.5) is 0 Å². The Labute approximate surface area is 170 Å². The second kappa shape index (κ2) is 11.3. The van der Waals surface area contributed by atoms with E-state index in [9.17, 15) is 13.2 Å². The average molecular weight is 431 g/mol. The molecule has 0 radical (unpaired) electrons. The fraction of sp³-hybridized carbons (Fsp3) is 0.500. The SMILES string of the molecule is CC#CCOc1ccc(S(=O)(=O)N[C@@H](C(=O)NO)C(C)(C)SCCCO)cc1. The molecule has 1 aromatic carbocycles. The molecule has 0 aliphatic heterocycles. The maximum atomic E-state index is 12.7. The molecule has 0 heterocycles. The molecule has 0 saturated carbocycles. The fourth-order valence-electron chi connectivity index (χ4n) is 2.19. The summed E-state index contributed by atoms with van der Waals surface area (Å²) in [6.45, 7) is 5.24. The van der Waals surface area contributed by atoms with Crippen LogP contribution in [-0.2, 0) is 14.8 Å². The number of ether oxygens (including phenoxy) is 1. The fourth-order valence-corrected chi connectivity index (χ4v) is 4.74. The van der Waals surface area contributed by atoms with Gasteiger partial charge in [-0.3, -0.25) is 10.0 Å². The van der Waals surface area contributed by atoms with Crippen molar-refractivity contribution in [1.29, 1.82) is 0 Å². The van der Waals surface area contributed by atoms with Gasteiger partial charge in [0.1, 0.15) is 18.4 Å². The van der Waals surface area contributed by atoms with Crippen LogP contribution in [0.25, 0.3) is 0 Å². The van der Waals surface area contributed by atoms with E-state index in [-0.39, 0.29) is 18.1 Å². The van der Waals surface area contributed by atoms with Crippen molar-refractivity contribution in [3.05, 3.63) is 24.3 Å². The first kappa shape index (κ1) is 24.3. The molecule has 0 unspecified atom stereocenters. The number of thioether (sulfide) groups is 1. The molecule has 1 rings (SSSR count). The number of hydroxylamine groups is 1. The van der Waals surface area contributed by atoms with Crippen LogP contribution in [0.15, 0.2) is 29.2 Å². The zero-order chi connectivity index (χ0) is 21.2. The van der Waals surface area contributed by atoms with E-state index in [1.54, 1.807) is 20.8 Å². The number of carbonyl (C=O) groups is 1. The first-order valence-corrected chi connectivity index (χ1v) is 11.0. The Morgan fingerprint density at radius 2 is 1.96 bits per heavy atom. The summed E-state index contributed by atoms with van der Waals surface area (Å²) in [6.07, 6.45) is 0.498. The first-order valence-electron chi connectivity index (χ1n) is 8.51. The minimum absolute atomic E-state index is 0.00999. The largest absolute Gasteiger partial charge is 0.481 e. The lowest BCUT2D eigenvalue weighted by molar-refractivity contribution is -0.131. The van der Waals surface area contributed by atoms with Crippen LogP contribution in [0, 0.1) is 11.8 Å². The van der Waals surface area contributed by atoms with E-state index >= 15 is 0 Å². The Hall–Kier alpha value is -1.77. The molecule has 0 bridgehead atoms. The minimum Gasteiger partial charge on any atom is -0.481 e. The molecule has 1 amide bonds. The Morgan fingerprint density at radius 1 is 1.32 bits per heavy atom. The van der Waals surface area contributed by atoms with Gasteiger partial charge in [0, 0.05) is 11.4 Å². The number of aliphatic hydroxyl groups is 1. The molecule has 0 aromatic heterocycles. The summed E-state index contributed by atoms with van der Waals surface area (Å²) in [5.74, 6) is 5.54. The van der Waals surface area contributed by atoms with Gasteiger partial charge >= 0.3 is 0 Å². The third-order valence-electron chi connectivity index (χ3n) is 3.74. The molecule has 10 heteroatoms. The Balaban J connectivity index is 2.99. The van der Waals surface area contributed by atoms with Crippen LogP contribution in [0.1, 0.15) is 27.2 Å². The number of aliphatic hydroxyl groups excluding tert-OH is 1. The van der Waals surface area contributed by atoms with Crippen molar-refractivity contribution in [2.45, 2.75) is 42.9 Å². The quantitative estimate of drug-likeness (QED) is 0.180. The lowest BCUT2D eigenvalue weighted by atomic mass is 10.0. The predicted molar refractivity (Wildman–Crippen MR) is 108 cm³/mol. The molecule has 0 saturated heterocycles. The molecule has 28 heavy (non-hydrogen) atoms. The first-order chi connectivity index (χ1) is 13.2. The Morgan fingerprint density at radius 3 is 2.50 bits per heavy atom. The summed E-state index contributed by atoms with van der Waals surface area (Å²) >= 11 is 1.31. The van der Waals surface area contributed by atoms with Gasteiger partial charge in [-0.25, -0.2) is 13.9 Å². The van der Waals surface area contributed by atoms with E-state index in [1.807, 2.05) is 0 Å². The van der Waals surface area contributed by atoms with Crippen LogP contribution in [-0.4, -0.2) is 54.4 Å². The lowest BCUT2D eigenvalue weighted by Crippen LogP contribution is -2.55. The van der Waals surface area contributed by atoms with Gasteiger partial charge in [-0.1, -0.05) is 5.92 Å². The Kier molecular flexibility index (Phi) is 9.78. The normalized spacial score (nSPS) is 12.6. The summed E-state index contributed by atoms with van der Waals surface area (Å²) in [6, 6.07) is 4.47. The maximum absolute atomic E-state index is 12.7. The summed E-state index contributed by atoms with van der Waals surface area (Å²) in [7, 11) is -4.04. The zero-order valence-electron chi connectivity index (χ0n) is 16.1. The highest BCUT2D eigenvalue weighted by molar-refractivity contribution is 8.00. The van der Waals surface area contributed by atoms with Crippen molar-refractivity contribution in [1.82, 2.24) is 10.2 Å². The van der Waals surface area contributed by atoms with Gasteiger partial charge in [0.05, 0.1) is 4.90 Å². The number of carbonyl (C=O) groups excluding carboxylic acids is 1. The van der Waals surface area contributed by atoms with Gasteiger partial charge in [-0.05, 0) is 57.2 Å². The number of rotatable bonds is 11. The van der Waals surface area contributed by atoms with Crippen LogP contribution in [0.2, 0.25) is 0 Å². The number of benzene rings is 1. The monoisotopic (exact) mass is 430 g/mol. The molecule has 1 atom stereocenters. The van der Waals surface area contributed by atoms with Crippen molar-refractivity contribution in [3.63, 3.8) is 0 Å². The summed E-state index contributed by atoms with van der Waals surface area (Å²) in [5, 5.41) is 18.0. The number of nitrogens with one attached hydrogen (secondary N) is 2. The van der Waals surface area contributed by atoms with E-state index in [0.717, 1.165) is 0 Å². The summed E-state index contributed by atoms with van der Waals surface area (Å²) < 4.78 is 32.3. The van der Waals surface area contributed by atoms with Crippen LogP contribution in [0.5, 0.6) is 5.75 Å². The highest BCUT2D eigenvalue weighted by atomic mass is 32.2. The second-order valence-corrected chi connectivity index (χ2v) is 9.71. The summed E-state index contributed by atoms with van der Waals surface area (Å²) in [5.41, 5.74) is 1.51. The third-order valence-corrected chi connectivity index (χ3v) is 6.65. The van der Waals surface area contributed by atoms with Gasteiger partial charge in [-0.2, -0.15) is 16.5 Å². The molecule has 0 aliphatic carbocycles. The highest BCUT2D eigenvalue weighted by Crippen LogP contribution is 2.30. The van der Waals surface area contributed by atoms with Crippen LogP contribution < -0.4 is 14.9 Å². The molecule has 0 fully saturated rings. The van der Waals surface area contributed by atoms with E-state index < -0.39 is 26.7 Å². The number of hydrogen-bond donors (Lipinski definition) is 4. The maximum Gasteiger partial charge on any atom is 0.262 e. The van der Waals surface area contributed by atoms with Crippen molar-refractivity contribution in [3.8, 4) is 17.6 Å². The number of sulfonamides is 1. The van der Waals surface area contributed by atoms with Crippen molar-refractivity contribution in [2.75, 3.05) is 19.0 Å². The minimum atomic E-state index is -4.04. The van der Waals surface area contributed by atoms with Crippen LogP contribution >= 0.6 is 11.8 Å². The third kappa shape index (κ3) is 7.33. The number of amides is 1. The van der Waals surface area contributed by atoms with Gasteiger partial charge in [0.15, 0.2) is 0 Å². The molecule has 156 valence electrons. The standard InChI is InChI=1S/C18H26N2O6S2/c1-4-5-12-26-14-7-9-15(10-8-14)28(24,25)20-16(17(22)19-23)18(2,3)27-13-6-11-21/h7-10,16,20-21,23H,6,11-13H2,1-3H3,(H,19,22)/t16-/m0/s1. The molecule has 4 N–H and O–H groups in total. The second-order valence-electron chi connectivity index (χ2n) is 6.25. The molecule has 8 nitrogen and oxygen atoms in total. The number of hydrogen-bond acceptors (Lipinski definition) is 7. The van der Waals surface area contributed by atoms with E-state index in [0.29, 0.717) is 17.9 Å². The Bertz CT molecular complexity index is 798. The molecular formula is C18H26N2O6S2. The van der Waals surface area contributed by atoms with Gasteiger partial charge in [-0.15, -0.1) is 5.92 Å². The molecule has 0 aliphatic rings. The van der Waals surface area contributed by atoms with Crippen molar-refractivity contribution < 1.29 is 28.3 Å². The predicted octanol–water partition coefficient (Wildman–Crippen LogP) is 1.14. The molecule has 1 aromatic rings. The van der Waals surface area contributed by atoms with E-state index in [1.165, 1.54) is 41.5 Å². The highest BCUT2D eigenvalue weighted by Gasteiger charge is 2.39. The molecular weight excluding hydrogens is 404 g/mol. The van der Waals surface area contributed by atoms with Crippen LogP contribution in [0.3, 0.4) is 0 Å². The molecule has 0 spiro atoms. The van der Waals surface area contributed by atoms with E-state index in [4.69, 9.17) is 15.1 Å². The van der Waals surface area contributed by atoms with Gasteiger partial charge in [0.2, 0.25) is 10.0 Å². The lowest BCUT2D eigenvalue weighted by Gasteiger charge is -2.32. The van der Waals surface area contributed by atoms with Crippen molar-refractivity contribution >= 4 is 27.7 Å². The van der Waals surface area contributed by atoms with E-state index in [2.05, 4.69) is 16.6 Å². The van der Waals surface area contributed by atoms with Crippen molar-refractivity contribution in [2.24, 2.45) is 0 Å². The topological polar surface area (TPSA) is 125 Å². The average Bonchev–Trinajstić information content (AvgIpc) is 2.66. The smallest absolute Gasteiger partial charge is 0.262 e. The van der Waals surface area contributed by atoms with Gasteiger partial charge < -0.3 is 9.84 Å². The summed E-state index contributed by atoms with van der Waals surface area (Å²) in [4.78, 5) is 12.1. The zero-order valence-corrected chi connectivity index (χ0v) is 17.7.